The monoisotopic (exact) mass is 344 g/mol. The number of nitrogens with zero attached hydrogens (tertiary/aromatic N) is 1. The van der Waals surface area contributed by atoms with Gasteiger partial charge in [-0.15, -0.1) is 0 Å². The molecular formula is C17H20N4O4. The van der Waals surface area contributed by atoms with Crippen LogP contribution in [0.1, 0.15) is 5.56 Å². The summed E-state index contributed by atoms with van der Waals surface area (Å²) in [7, 11) is 1.63. The fourth-order valence-corrected chi connectivity index (χ4v) is 2.18. The van der Waals surface area contributed by atoms with E-state index in [4.69, 9.17) is 4.74 Å². The van der Waals surface area contributed by atoms with E-state index in [0.29, 0.717) is 25.4 Å². The number of carbonyl (C=O) groups excluding carboxylic acids is 1. The number of benzene rings is 2. The predicted molar refractivity (Wildman–Crippen MR) is 95.8 cm³/mol. The molecule has 0 bridgehead atoms. The number of carbonyl (C=O) groups is 1. The Labute approximate surface area is 145 Å². The molecule has 0 heterocycles. The fraction of sp³-hybridized carbons (Fsp3) is 0.235. The molecule has 2 aromatic carbocycles. The third kappa shape index (κ3) is 5.78. The van der Waals surface area contributed by atoms with Gasteiger partial charge in [-0.1, -0.05) is 24.3 Å². The second-order valence-electron chi connectivity index (χ2n) is 5.19. The summed E-state index contributed by atoms with van der Waals surface area (Å²) in [6.45, 7) is 1.55. The second kappa shape index (κ2) is 9.24. The predicted octanol–water partition coefficient (Wildman–Crippen LogP) is 2.97. The topological polar surface area (TPSA) is 106 Å². The molecule has 2 amide bonds. The zero-order chi connectivity index (χ0) is 18.1. The molecule has 0 fully saturated rings. The molecular weight excluding hydrogens is 324 g/mol. The van der Waals surface area contributed by atoms with Crippen molar-refractivity contribution in [3.63, 3.8) is 0 Å². The van der Waals surface area contributed by atoms with Gasteiger partial charge in [0.05, 0.1) is 11.5 Å². The second-order valence-corrected chi connectivity index (χ2v) is 5.19. The van der Waals surface area contributed by atoms with Crippen molar-refractivity contribution in [2.75, 3.05) is 30.9 Å². The van der Waals surface area contributed by atoms with Crippen LogP contribution in [-0.4, -0.2) is 31.2 Å². The molecule has 2 rings (SSSR count). The zero-order valence-corrected chi connectivity index (χ0v) is 13.8. The van der Waals surface area contributed by atoms with Gasteiger partial charge >= 0.3 is 6.03 Å². The van der Waals surface area contributed by atoms with Crippen molar-refractivity contribution in [3.05, 3.63) is 64.2 Å². The van der Waals surface area contributed by atoms with E-state index < -0.39 is 11.0 Å². The van der Waals surface area contributed by atoms with E-state index in [1.165, 1.54) is 18.2 Å². The maximum atomic E-state index is 12.0. The van der Waals surface area contributed by atoms with E-state index >= 15 is 0 Å². The Morgan fingerprint density at radius 2 is 2.00 bits per heavy atom. The van der Waals surface area contributed by atoms with Gasteiger partial charge in [-0.05, 0) is 17.7 Å². The number of anilines is 2. The molecule has 3 N–H and O–H groups in total. The minimum atomic E-state index is -0.509. The van der Waals surface area contributed by atoms with Gasteiger partial charge in [-0.25, -0.2) is 4.79 Å². The summed E-state index contributed by atoms with van der Waals surface area (Å²) in [5, 5.41) is 19.3. The molecule has 132 valence electrons. The lowest BCUT2D eigenvalue weighted by Gasteiger charge is -2.13. The smallest absolute Gasteiger partial charge is 0.319 e. The number of hydrogen-bond acceptors (Lipinski definition) is 5. The van der Waals surface area contributed by atoms with Crippen molar-refractivity contribution in [1.82, 2.24) is 5.32 Å². The van der Waals surface area contributed by atoms with E-state index in [2.05, 4.69) is 16.0 Å². The van der Waals surface area contributed by atoms with Gasteiger partial charge < -0.3 is 20.7 Å². The number of hydrogen-bond donors (Lipinski definition) is 3. The van der Waals surface area contributed by atoms with Crippen LogP contribution in [0.25, 0.3) is 0 Å². The lowest BCUT2D eigenvalue weighted by Crippen LogP contribution is -2.28. The van der Waals surface area contributed by atoms with Gasteiger partial charge in [0.2, 0.25) is 0 Å². The molecule has 0 unspecified atom stereocenters. The molecule has 0 saturated heterocycles. The molecule has 0 aromatic heterocycles. The van der Waals surface area contributed by atoms with Crippen molar-refractivity contribution in [2.24, 2.45) is 0 Å². The van der Waals surface area contributed by atoms with E-state index in [-0.39, 0.29) is 5.69 Å². The Balaban J connectivity index is 1.92. The molecule has 0 aliphatic heterocycles. The molecule has 0 aliphatic carbocycles. The summed E-state index contributed by atoms with van der Waals surface area (Å²) in [4.78, 5) is 22.3. The Hall–Kier alpha value is -3.13. The summed E-state index contributed by atoms with van der Waals surface area (Å²) < 4.78 is 5.00. The molecule has 0 spiro atoms. The van der Waals surface area contributed by atoms with Crippen LogP contribution in [0.2, 0.25) is 0 Å². The summed E-state index contributed by atoms with van der Waals surface area (Å²) in [6.07, 6.45) is 0. The van der Waals surface area contributed by atoms with E-state index in [9.17, 15) is 14.9 Å². The van der Waals surface area contributed by atoms with Gasteiger partial charge in [0.15, 0.2) is 0 Å². The van der Waals surface area contributed by atoms with E-state index in [0.717, 1.165) is 11.3 Å². The van der Waals surface area contributed by atoms with Crippen molar-refractivity contribution in [1.29, 1.82) is 0 Å². The van der Waals surface area contributed by atoms with Crippen molar-refractivity contribution in [2.45, 2.75) is 6.54 Å². The Kier molecular flexibility index (Phi) is 6.73. The molecule has 0 radical (unpaired) electrons. The number of rotatable bonds is 8. The molecule has 8 heteroatoms. The van der Waals surface area contributed by atoms with Crippen LogP contribution in [0.4, 0.5) is 21.9 Å². The lowest BCUT2D eigenvalue weighted by molar-refractivity contribution is -0.384. The largest absolute Gasteiger partial charge is 0.383 e. The van der Waals surface area contributed by atoms with Gasteiger partial charge in [-0.3, -0.25) is 10.1 Å². The first-order valence-corrected chi connectivity index (χ1v) is 7.70. The normalized spacial score (nSPS) is 10.1. The van der Waals surface area contributed by atoms with E-state index in [1.54, 1.807) is 13.2 Å². The van der Waals surface area contributed by atoms with Gasteiger partial charge in [-0.2, -0.15) is 0 Å². The van der Waals surface area contributed by atoms with Crippen LogP contribution in [0.3, 0.4) is 0 Å². The first-order chi connectivity index (χ1) is 12.1. The highest BCUT2D eigenvalue weighted by molar-refractivity contribution is 5.89. The molecule has 0 atom stereocenters. The van der Waals surface area contributed by atoms with Crippen LogP contribution < -0.4 is 16.0 Å². The molecule has 2 aromatic rings. The quantitative estimate of drug-likeness (QED) is 0.388. The zero-order valence-electron chi connectivity index (χ0n) is 13.8. The SMILES string of the molecule is COCCNc1ccccc1CNC(=O)Nc1cccc([N+](=O)[O-])c1. The molecule has 8 nitrogen and oxygen atoms in total. The highest BCUT2D eigenvalue weighted by Crippen LogP contribution is 2.17. The summed E-state index contributed by atoms with van der Waals surface area (Å²) in [6, 6.07) is 13.0. The Bertz CT molecular complexity index is 736. The molecule has 0 saturated carbocycles. The van der Waals surface area contributed by atoms with Gasteiger partial charge in [0.1, 0.15) is 0 Å². The molecule has 25 heavy (non-hydrogen) atoms. The standard InChI is InChI=1S/C17H20N4O4/c1-25-10-9-18-16-8-3-2-5-13(16)12-19-17(22)20-14-6-4-7-15(11-14)21(23)24/h2-8,11,18H,9-10,12H2,1H3,(H2,19,20,22). The maximum absolute atomic E-state index is 12.0. The third-order valence-corrected chi connectivity index (χ3v) is 3.39. The summed E-state index contributed by atoms with van der Waals surface area (Å²) in [5.74, 6) is 0. The average molecular weight is 344 g/mol. The van der Waals surface area contributed by atoms with Crippen LogP contribution in [0.15, 0.2) is 48.5 Å². The number of urea groups is 1. The highest BCUT2D eigenvalue weighted by atomic mass is 16.6. The minimum absolute atomic E-state index is 0.0783. The van der Waals surface area contributed by atoms with Gasteiger partial charge in [0, 0.05) is 43.7 Å². The first kappa shape index (κ1) is 18.2. The number of nitrogens with one attached hydrogen (secondary N) is 3. The van der Waals surface area contributed by atoms with Crippen molar-refractivity contribution in [3.8, 4) is 0 Å². The van der Waals surface area contributed by atoms with Crippen molar-refractivity contribution < 1.29 is 14.5 Å². The number of non-ortho nitro benzene ring substituents is 1. The minimum Gasteiger partial charge on any atom is -0.383 e. The number of para-hydroxylation sites is 1. The Morgan fingerprint density at radius 1 is 1.20 bits per heavy atom. The number of ether oxygens (including phenoxy) is 1. The van der Waals surface area contributed by atoms with Crippen molar-refractivity contribution >= 4 is 23.1 Å². The third-order valence-electron chi connectivity index (χ3n) is 3.39. The molecule has 0 aliphatic rings. The number of nitro benzene ring substituents is 1. The fourth-order valence-electron chi connectivity index (χ4n) is 2.18. The van der Waals surface area contributed by atoms with Crippen LogP contribution in [0.5, 0.6) is 0 Å². The first-order valence-electron chi connectivity index (χ1n) is 7.70. The van der Waals surface area contributed by atoms with Crippen LogP contribution >= 0.6 is 0 Å². The Morgan fingerprint density at radius 3 is 2.76 bits per heavy atom. The summed E-state index contributed by atoms with van der Waals surface area (Å²) >= 11 is 0. The highest BCUT2D eigenvalue weighted by Gasteiger charge is 2.08. The van der Waals surface area contributed by atoms with Gasteiger partial charge in [0.25, 0.3) is 5.69 Å². The number of nitro groups is 1. The lowest BCUT2D eigenvalue weighted by atomic mass is 10.1. The van der Waals surface area contributed by atoms with Crippen LogP contribution in [0, 0.1) is 10.1 Å². The van der Waals surface area contributed by atoms with E-state index in [1.807, 2.05) is 24.3 Å². The maximum Gasteiger partial charge on any atom is 0.319 e. The average Bonchev–Trinajstić information content (AvgIpc) is 2.61. The number of amides is 2. The summed E-state index contributed by atoms with van der Waals surface area (Å²) in [5.41, 5.74) is 2.12. The van der Waals surface area contributed by atoms with Crippen LogP contribution in [-0.2, 0) is 11.3 Å². The number of methoxy groups -OCH3 is 1.